The van der Waals surface area contributed by atoms with Crippen LogP contribution in [0.5, 0.6) is 11.5 Å². The highest BCUT2D eigenvalue weighted by molar-refractivity contribution is 7.93. The van der Waals surface area contributed by atoms with Gasteiger partial charge in [0.05, 0.1) is 9.79 Å². The summed E-state index contributed by atoms with van der Waals surface area (Å²) in [6.07, 6.45) is 0. The third-order valence-corrected chi connectivity index (χ3v) is 8.03. The summed E-state index contributed by atoms with van der Waals surface area (Å²) in [4.78, 5) is -0.0903. The molecule has 0 aliphatic rings. The van der Waals surface area contributed by atoms with Crippen molar-refractivity contribution in [1.82, 2.24) is 0 Å². The number of hydrogen-bond donors (Lipinski definition) is 4. The largest absolute Gasteiger partial charge is 0.508 e. The van der Waals surface area contributed by atoms with Gasteiger partial charge in [-0.25, -0.2) is 16.8 Å². The maximum Gasteiger partial charge on any atom is 0.261 e. The van der Waals surface area contributed by atoms with E-state index in [0.29, 0.717) is 21.9 Å². The molecule has 0 radical (unpaired) electrons. The molecule has 0 fully saturated rings. The van der Waals surface area contributed by atoms with Gasteiger partial charge in [-0.2, -0.15) is 0 Å². The van der Waals surface area contributed by atoms with Gasteiger partial charge in [0.2, 0.25) is 0 Å². The monoisotopic (exact) mass is 510 g/mol. The molecule has 5 aromatic rings. The zero-order valence-electron chi connectivity index (χ0n) is 17.8. The molecule has 0 saturated heterocycles. The molecule has 0 unspecified atom stereocenters. The number of phenols is 2. The number of sulfonamides is 2. The average Bonchev–Trinajstić information content (AvgIpc) is 3.19. The molecule has 0 spiro atoms. The Morgan fingerprint density at radius 1 is 0.543 bits per heavy atom. The lowest BCUT2D eigenvalue weighted by Gasteiger charge is -2.09. The van der Waals surface area contributed by atoms with Crippen molar-refractivity contribution in [2.24, 2.45) is 0 Å². The minimum absolute atomic E-state index is 0.00453. The first-order chi connectivity index (χ1) is 16.6. The highest BCUT2D eigenvalue weighted by Gasteiger charge is 2.20. The zero-order valence-corrected chi connectivity index (χ0v) is 19.5. The van der Waals surface area contributed by atoms with Crippen LogP contribution in [-0.4, -0.2) is 27.0 Å². The number of anilines is 2. The van der Waals surface area contributed by atoms with Crippen molar-refractivity contribution in [3.63, 3.8) is 0 Å². The predicted octanol–water partition coefficient (Wildman–Crippen LogP) is 4.60. The van der Waals surface area contributed by atoms with Crippen LogP contribution in [0.15, 0.2) is 99.1 Å². The van der Waals surface area contributed by atoms with Gasteiger partial charge in [0.15, 0.2) is 0 Å². The summed E-state index contributed by atoms with van der Waals surface area (Å²) >= 11 is 0. The van der Waals surface area contributed by atoms with E-state index in [4.69, 9.17) is 4.42 Å². The van der Waals surface area contributed by atoms with E-state index in [1.54, 1.807) is 0 Å². The highest BCUT2D eigenvalue weighted by Crippen LogP contribution is 2.33. The Morgan fingerprint density at radius 2 is 0.914 bits per heavy atom. The molecule has 35 heavy (non-hydrogen) atoms. The van der Waals surface area contributed by atoms with E-state index < -0.39 is 20.0 Å². The Hall–Kier alpha value is -4.22. The van der Waals surface area contributed by atoms with Crippen LogP contribution in [0.4, 0.5) is 11.4 Å². The summed E-state index contributed by atoms with van der Waals surface area (Å²) in [5.74, 6) is 0.00906. The number of phenolic OH excluding ortho intramolecular Hbond substituents is 2. The first kappa shape index (κ1) is 22.6. The quantitative estimate of drug-likeness (QED) is 0.244. The van der Waals surface area contributed by atoms with E-state index in [9.17, 15) is 27.0 Å². The number of nitrogens with one attached hydrogen (secondary N) is 2. The van der Waals surface area contributed by atoms with Crippen LogP contribution in [0.25, 0.3) is 21.9 Å². The normalized spacial score (nSPS) is 12.1. The van der Waals surface area contributed by atoms with Gasteiger partial charge in [-0.05, 0) is 84.9 Å². The molecule has 5 rings (SSSR count). The van der Waals surface area contributed by atoms with Gasteiger partial charge < -0.3 is 14.6 Å². The van der Waals surface area contributed by atoms with Crippen LogP contribution < -0.4 is 9.44 Å². The average molecular weight is 511 g/mol. The topological polar surface area (TPSA) is 146 Å². The van der Waals surface area contributed by atoms with Crippen molar-refractivity contribution >= 4 is 53.4 Å². The second kappa shape index (κ2) is 8.22. The van der Waals surface area contributed by atoms with Crippen molar-refractivity contribution in [3.8, 4) is 11.5 Å². The Kier molecular flexibility index (Phi) is 5.30. The minimum atomic E-state index is -3.97. The summed E-state index contributed by atoms with van der Waals surface area (Å²) in [5.41, 5.74) is 1.33. The fourth-order valence-corrected chi connectivity index (χ4v) is 5.73. The van der Waals surface area contributed by atoms with Crippen LogP contribution in [0.3, 0.4) is 0 Å². The third kappa shape index (κ3) is 4.46. The maximum atomic E-state index is 12.9. The molecule has 1 heterocycles. The molecule has 9 nitrogen and oxygen atoms in total. The van der Waals surface area contributed by atoms with Crippen molar-refractivity contribution < 1.29 is 31.5 Å². The SMILES string of the molecule is O=S(=O)(Nc1ccc(O)cc1)c1ccc2oc3ccc(S(=O)(=O)Nc4ccc(O)cc4)cc3c2c1. The fourth-order valence-electron chi connectivity index (χ4n) is 3.56. The number of rotatable bonds is 6. The molecule has 1 aromatic heterocycles. The summed E-state index contributed by atoms with van der Waals surface area (Å²) in [7, 11) is -7.94. The summed E-state index contributed by atoms with van der Waals surface area (Å²) in [5, 5.41) is 19.6. The molecular weight excluding hydrogens is 492 g/mol. The standard InChI is InChI=1S/C24H18N2O7S2/c27-17-5-1-15(2-6-17)25-34(29,30)19-9-11-23-21(13-19)22-14-20(10-12-24(22)33-23)35(31,32)26-16-3-7-18(28)8-4-16/h1-14,25-28H. The lowest BCUT2D eigenvalue weighted by molar-refractivity contribution is 0.475. The van der Waals surface area contributed by atoms with Crippen LogP contribution in [0.1, 0.15) is 0 Å². The Morgan fingerprint density at radius 3 is 1.29 bits per heavy atom. The zero-order chi connectivity index (χ0) is 24.8. The Bertz CT molecular complexity index is 1640. The Labute approximate surface area is 200 Å². The Balaban J connectivity index is 1.53. The third-order valence-electron chi connectivity index (χ3n) is 5.27. The van der Waals surface area contributed by atoms with Crippen LogP contribution in [0.2, 0.25) is 0 Å². The molecule has 0 bridgehead atoms. The van der Waals surface area contributed by atoms with Crippen LogP contribution >= 0.6 is 0 Å². The van der Waals surface area contributed by atoms with E-state index in [0.717, 1.165) is 0 Å². The molecule has 4 aromatic carbocycles. The van der Waals surface area contributed by atoms with E-state index in [1.165, 1.54) is 84.9 Å². The van der Waals surface area contributed by atoms with Gasteiger partial charge in [-0.3, -0.25) is 9.44 Å². The van der Waals surface area contributed by atoms with Gasteiger partial charge in [0, 0.05) is 22.1 Å². The van der Waals surface area contributed by atoms with E-state index in [-0.39, 0.29) is 32.7 Å². The molecule has 0 amide bonds. The minimum Gasteiger partial charge on any atom is -0.508 e. The lowest BCUT2D eigenvalue weighted by Crippen LogP contribution is -2.13. The van der Waals surface area contributed by atoms with Crippen molar-refractivity contribution in [2.75, 3.05) is 9.44 Å². The smallest absolute Gasteiger partial charge is 0.261 e. The first-order valence-corrected chi connectivity index (χ1v) is 13.2. The van der Waals surface area contributed by atoms with Gasteiger partial charge in [-0.1, -0.05) is 0 Å². The summed E-state index contributed by atoms with van der Waals surface area (Å²) < 4.78 is 62.3. The molecule has 4 N–H and O–H groups in total. The second-order valence-corrected chi connectivity index (χ2v) is 11.1. The lowest BCUT2D eigenvalue weighted by atomic mass is 10.1. The number of furan rings is 1. The summed E-state index contributed by atoms with van der Waals surface area (Å²) in [6.45, 7) is 0. The second-order valence-electron chi connectivity index (χ2n) is 7.72. The van der Waals surface area contributed by atoms with Gasteiger partial charge in [0.25, 0.3) is 20.0 Å². The van der Waals surface area contributed by atoms with Gasteiger partial charge in [-0.15, -0.1) is 0 Å². The number of fused-ring (bicyclic) bond motifs is 3. The van der Waals surface area contributed by atoms with E-state index >= 15 is 0 Å². The molecule has 0 aliphatic heterocycles. The highest BCUT2D eigenvalue weighted by atomic mass is 32.2. The molecular formula is C24H18N2O7S2. The molecule has 0 atom stereocenters. The first-order valence-electron chi connectivity index (χ1n) is 10.2. The fraction of sp³-hybridized carbons (Fsp3) is 0. The molecule has 0 aliphatic carbocycles. The number of aromatic hydroxyl groups is 2. The van der Waals surface area contributed by atoms with Gasteiger partial charge >= 0.3 is 0 Å². The molecule has 0 saturated carbocycles. The van der Waals surface area contributed by atoms with E-state index in [2.05, 4.69) is 9.44 Å². The summed E-state index contributed by atoms with van der Waals surface area (Å²) in [6, 6.07) is 19.8. The predicted molar refractivity (Wildman–Crippen MR) is 132 cm³/mol. The van der Waals surface area contributed by atoms with Crippen LogP contribution in [-0.2, 0) is 20.0 Å². The molecule has 178 valence electrons. The van der Waals surface area contributed by atoms with Gasteiger partial charge in [0.1, 0.15) is 22.7 Å². The maximum absolute atomic E-state index is 12.9. The van der Waals surface area contributed by atoms with E-state index in [1.807, 2.05) is 0 Å². The van der Waals surface area contributed by atoms with Crippen molar-refractivity contribution in [3.05, 3.63) is 84.9 Å². The number of benzene rings is 4. The van der Waals surface area contributed by atoms with Crippen LogP contribution in [0, 0.1) is 0 Å². The molecule has 11 heteroatoms. The number of hydrogen-bond acceptors (Lipinski definition) is 7. The van der Waals surface area contributed by atoms with Crippen molar-refractivity contribution in [1.29, 1.82) is 0 Å². The van der Waals surface area contributed by atoms with Crippen molar-refractivity contribution in [2.45, 2.75) is 9.79 Å².